The molecule has 9 nitrogen and oxygen atoms in total. The molecule has 0 fully saturated rings. The SMILES string of the molecule is CN(C)C=Nc1ncccc1N(CCCN(C)C(=O)OC(C)(C)C)C(=O)O. The van der Waals surface area contributed by atoms with Gasteiger partial charge in [0.25, 0.3) is 0 Å². The van der Waals surface area contributed by atoms with E-state index in [-0.39, 0.29) is 6.54 Å². The average Bonchev–Trinajstić information content (AvgIpc) is 2.55. The molecule has 0 saturated heterocycles. The molecule has 0 aliphatic rings. The van der Waals surface area contributed by atoms with Gasteiger partial charge in [0.2, 0.25) is 0 Å². The number of anilines is 1. The summed E-state index contributed by atoms with van der Waals surface area (Å²) in [5, 5.41) is 9.59. The molecule has 1 rings (SSSR count). The van der Waals surface area contributed by atoms with Gasteiger partial charge in [0.05, 0.1) is 12.0 Å². The monoisotopic (exact) mass is 379 g/mol. The molecule has 0 saturated carbocycles. The molecule has 0 spiro atoms. The van der Waals surface area contributed by atoms with E-state index >= 15 is 0 Å². The van der Waals surface area contributed by atoms with Crippen LogP contribution in [0.1, 0.15) is 27.2 Å². The standard InChI is InChI=1S/C18H29N5O4/c1-18(2,3)27-17(26)22(6)11-8-12-23(16(24)25)14-9-7-10-19-15(14)20-13-21(4)5/h7,9-10,13H,8,11-12H2,1-6H3,(H,24,25). The first-order valence-corrected chi connectivity index (χ1v) is 8.61. The summed E-state index contributed by atoms with van der Waals surface area (Å²) in [6.45, 7) is 5.93. The smallest absolute Gasteiger partial charge is 0.411 e. The van der Waals surface area contributed by atoms with E-state index in [1.165, 1.54) is 9.80 Å². The first-order valence-electron chi connectivity index (χ1n) is 8.61. The Hall–Kier alpha value is -2.84. The van der Waals surface area contributed by atoms with Gasteiger partial charge in [-0.15, -0.1) is 0 Å². The third-order valence-electron chi connectivity index (χ3n) is 3.28. The van der Waals surface area contributed by atoms with Gasteiger partial charge in [-0.3, -0.25) is 4.90 Å². The molecule has 0 aliphatic carbocycles. The zero-order chi connectivity index (χ0) is 20.6. The van der Waals surface area contributed by atoms with E-state index in [4.69, 9.17) is 4.74 Å². The Labute approximate surface area is 160 Å². The highest BCUT2D eigenvalue weighted by molar-refractivity contribution is 5.89. The van der Waals surface area contributed by atoms with Crippen molar-refractivity contribution in [2.75, 3.05) is 39.1 Å². The molecule has 0 aromatic carbocycles. The van der Waals surface area contributed by atoms with Crippen molar-refractivity contribution in [2.45, 2.75) is 32.8 Å². The lowest BCUT2D eigenvalue weighted by Crippen LogP contribution is -2.37. The number of carbonyl (C=O) groups excluding carboxylic acids is 1. The Morgan fingerprint density at radius 1 is 1.26 bits per heavy atom. The number of hydrogen-bond acceptors (Lipinski definition) is 5. The number of aromatic nitrogens is 1. The molecule has 0 atom stereocenters. The number of carbonyl (C=O) groups is 2. The van der Waals surface area contributed by atoms with Crippen molar-refractivity contribution in [2.24, 2.45) is 4.99 Å². The van der Waals surface area contributed by atoms with E-state index in [1.807, 2.05) is 14.1 Å². The number of amides is 2. The molecule has 1 N–H and O–H groups in total. The summed E-state index contributed by atoms with van der Waals surface area (Å²) in [6.07, 6.45) is 2.00. The van der Waals surface area contributed by atoms with Crippen molar-refractivity contribution in [3.05, 3.63) is 18.3 Å². The molecule has 0 bridgehead atoms. The van der Waals surface area contributed by atoms with Crippen LogP contribution >= 0.6 is 0 Å². The van der Waals surface area contributed by atoms with E-state index in [0.717, 1.165) is 0 Å². The van der Waals surface area contributed by atoms with Gasteiger partial charge in [0.15, 0.2) is 5.82 Å². The highest BCUT2D eigenvalue weighted by Gasteiger charge is 2.21. The molecule has 0 radical (unpaired) electrons. The normalized spacial score (nSPS) is 11.3. The van der Waals surface area contributed by atoms with Crippen molar-refractivity contribution < 1.29 is 19.4 Å². The van der Waals surface area contributed by atoms with Crippen molar-refractivity contribution in [3.8, 4) is 0 Å². The second kappa shape index (κ2) is 9.75. The zero-order valence-corrected chi connectivity index (χ0v) is 16.8. The fourth-order valence-electron chi connectivity index (χ4n) is 2.09. The summed E-state index contributed by atoms with van der Waals surface area (Å²) in [5.74, 6) is 0.314. The molecule has 0 unspecified atom stereocenters. The Bertz CT molecular complexity index is 670. The quantitative estimate of drug-likeness (QED) is 0.577. The van der Waals surface area contributed by atoms with E-state index in [9.17, 15) is 14.7 Å². The fraction of sp³-hybridized carbons (Fsp3) is 0.556. The van der Waals surface area contributed by atoms with Gasteiger partial charge in [-0.25, -0.2) is 19.6 Å². The van der Waals surface area contributed by atoms with Crippen LogP contribution in [0.4, 0.5) is 21.1 Å². The molecular formula is C18H29N5O4. The van der Waals surface area contributed by atoms with Gasteiger partial charge in [-0.05, 0) is 39.3 Å². The summed E-state index contributed by atoms with van der Waals surface area (Å²) < 4.78 is 5.29. The van der Waals surface area contributed by atoms with Crippen LogP contribution in [0.5, 0.6) is 0 Å². The van der Waals surface area contributed by atoms with Crippen LogP contribution in [0.3, 0.4) is 0 Å². The van der Waals surface area contributed by atoms with E-state index < -0.39 is 17.8 Å². The van der Waals surface area contributed by atoms with Crippen LogP contribution in [-0.2, 0) is 4.74 Å². The third kappa shape index (κ3) is 7.93. The van der Waals surface area contributed by atoms with Gasteiger partial charge in [0, 0.05) is 40.4 Å². The minimum atomic E-state index is -1.11. The molecule has 2 amide bonds. The second-order valence-corrected chi connectivity index (χ2v) is 7.24. The van der Waals surface area contributed by atoms with E-state index in [2.05, 4.69) is 9.98 Å². The second-order valence-electron chi connectivity index (χ2n) is 7.24. The summed E-state index contributed by atoms with van der Waals surface area (Å²) >= 11 is 0. The Kier molecular flexibility index (Phi) is 8.01. The van der Waals surface area contributed by atoms with Crippen LogP contribution in [-0.4, -0.2) is 78.2 Å². The lowest BCUT2D eigenvalue weighted by Gasteiger charge is -2.25. The number of rotatable bonds is 7. The van der Waals surface area contributed by atoms with Crippen LogP contribution in [0.2, 0.25) is 0 Å². The average molecular weight is 379 g/mol. The number of aliphatic imine (C=N–C) groups is 1. The van der Waals surface area contributed by atoms with Crippen molar-refractivity contribution in [1.29, 1.82) is 0 Å². The molecule has 0 aliphatic heterocycles. The maximum Gasteiger partial charge on any atom is 0.411 e. The Morgan fingerprint density at radius 3 is 2.48 bits per heavy atom. The molecular weight excluding hydrogens is 350 g/mol. The fourth-order valence-corrected chi connectivity index (χ4v) is 2.09. The van der Waals surface area contributed by atoms with Gasteiger partial charge >= 0.3 is 12.2 Å². The highest BCUT2D eigenvalue weighted by atomic mass is 16.6. The first-order chi connectivity index (χ1) is 12.5. The maximum absolute atomic E-state index is 12.0. The largest absolute Gasteiger partial charge is 0.465 e. The topological polar surface area (TPSA) is 98.6 Å². The molecule has 1 aromatic heterocycles. The summed E-state index contributed by atoms with van der Waals surface area (Å²) in [7, 11) is 5.25. The maximum atomic E-state index is 12.0. The van der Waals surface area contributed by atoms with Crippen molar-refractivity contribution in [1.82, 2.24) is 14.8 Å². The first kappa shape index (κ1) is 22.2. The lowest BCUT2D eigenvalue weighted by molar-refractivity contribution is 0.0298. The number of nitrogens with zero attached hydrogens (tertiary/aromatic N) is 5. The number of ether oxygens (including phenoxy) is 1. The lowest BCUT2D eigenvalue weighted by atomic mass is 10.2. The molecule has 1 heterocycles. The van der Waals surface area contributed by atoms with Crippen LogP contribution < -0.4 is 4.90 Å². The minimum absolute atomic E-state index is 0.193. The molecule has 150 valence electrons. The molecule has 1 aromatic rings. The van der Waals surface area contributed by atoms with E-state index in [0.29, 0.717) is 24.5 Å². The third-order valence-corrected chi connectivity index (χ3v) is 3.28. The van der Waals surface area contributed by atoms with Gasteiger partial charge in [0.1, 0.15) is 5.60 Å². The summed E-state index contributed by atoms with van der Waals surface area (Å²) in [5.41, 5.74) is -0.184. The summed E-state index contributed by atoms with van der Waals surface area (Å²) in [6, 6.07) is 3.31. The van der Waals surface area contributed by atoms with Gasteiger partial charge in [-0.1, -0.05) is 0 Å². The predicted molar refractivity (Wildman–Crippen MR) is 105 cm³/mol. The number of carboxylic acid groups (broad SMARTS) is 1. The number of hydrogen-bond donors (Lipinski definition) is 1. The van der Waals surface area contributed by atoms with Crippen LogP contribution in [0, 0.1) is 0 Å². The van der Waals surface area contributed by atoms with Crippen LogP contribution in [0.25, 0.3) is 0 Å². The summed E-state index contributed by atoms with van der Waals surface area (Å²) in [4.78, 5) is 36.4. The van der Waals surface area contributed by atoms with Crippen molar-refractivity contribution in [3.63, 3.8) is 0 Å². The Balaban J connectivity index is 2.79. The number of pyridine rings is 1. The highest BCUT2D eigenvalue weighted by Crippen LogP contribution is 2.26. The zero-order valence-electron chi connectivity index (χ0n) is 16.8. The molecule has 27 heavy (non-hydrogen) atoms. The molecule has 9 heteroatoms. The van der Waals surface area contributed by atoms with Crippen LogP contribution in [0.15, 0.2) is 23.3 Å². The predicted octanol–water partition coefficient (Wildman–Crippen LogP) is 3.04. The van der Waals surface area contributed by atoms with E-state index in [1.54, 1.807) is 57.4 Å². The van der Waals surface area contributed by atoms with Gasteiger partial charge < -0.3 is 19.6 Å². The Morgan fingerprint density at radius 2 is 1.93 bits per heavy atom. The van der Waals surface area contributed by atoms with Crippen molar-refractivity contribution >= 4 is 30.0 Å². The minimum Gasteiger partial charge on any atom is -0.465 e. The van der Waals surface area contributed by atoms with Gasteiger partial charge in [-0.2, -0.15) is 0 Å².